The van der Waals surface area contributed by atoms with Crippen molar-refractivity contribution < 1.29 is 0 Å². The molecule has 0 aromatic carbocycles. The zero-order valence-corrected chi connectivity index (χ0v) is 5.91. The summed E-state index contributed by atoms with van der Waals surface area (Å²) in [6.07, 6.45) is 7.34. The molecule has 0 saturated heterocycles. The van der Waals surface area contributed by atoms with E-state index in [1.807, 2.05) is 31.3 Å². The van der Waals surface area contributed by atoms with Crippen LogP contribution in [0.4, 0.5) is 5.69 Å². The van der Waals surface area contributed by atoms with Crippen LogP contribution in [0.2, 0.25) is 0 Å². The van der Waals surface area contributed by atoms with Crippen LogP contribution >= 0.6 is 0 Å². The normalized spacial score (nSPS) is 10.1. The lowest BCUT2D eigenvalue weighted by Gasteiger charge is -1.96. The second-order valence-electron chi connectivity index (χ2n) is 1.88. The Labute approximate surface area is 60.6 Å². The molecule has 0 unspecified atom stereocenters. The van der Waals surface area contributed by atoms with Gasteiger partial charge in [0.25, 0.3) is 0 Å². The minimum atomic E-state index is 1.06. The Bertz CT molecular complexity index is 204. The molecule has 0 aliphatic heterocycles. The summed E-state index contributed by atoms with van der Waals surface area (Å²) in [5.74, 6) is 0. The van der Waals surface area contributed by atoms with Crippen molar-refractivity contribution in [1.29, 1.82) is 0 Å². The maximum Gasteiger partial charge on any atom is 0.0410 e. The standard InChI is InChI=1S/C8H10N2/c1-2-5-10-8-3-6-9-7-4-8/h2-7H,1H3,(H,9,10)/b5-2-. The van der Waals surface area contributed by atoms with E-state index in [1.54, 1.807) is 12.4 Å². The molecular weight excluding hydrogens is 124 g/mol. The third kappa shape index (κ3) is 1.90. The smallest absolute Gasteiger partial charge is 0.0410 e. The summed E-state index contributed by atoms with van der Waals surface area (Å²) < 4.78 is 0. The first-order valence-electron chi connectivity index (χ1n) is 3.21. The fourth-order valence-corrected chi connectivity index (χ4v) is 0.628. The summed E-state index contributed by atoms with van der Waals surface area (Å²) in [5.41, 5.74) is 1.06. The molecule has 2 heteroatoms. The second kappa shape index (κ2) is 3.67. The highest BCUT2D eigenvalue weighted by molar-refractivity contribution is 5.43. The largest absolute Gasteiger partial charge is 0.362 e. The van der Waals surface area contributed by atoms with Gasteiger partial charge in [0.05, 0.1) is 0 Å². The molecule has 1 rings (SSSR count). The van der Waals surface area contributed by atoms with E-state index in [9.17, 15) is 0 Å². The molecule has 0 spiro atoms. The van der Waals surface area contributed by atoms with Crippen LogP contribution < -0.4 is 5.32 Å². The molecule has 0 radical (unpaired) electrons. The average Bonchev–Trinajstić information content (AvgIpc) is 2.03. The molecule has 1 heterocycles. The number of anilines is 1. The molecule has 1 N–H and O–H groups in total. The zero-order valence-electron chi connectivity index (χ0n) is 5.91. The van der Waals surface area contributed by atoms with Crippen LogP contribution in [0.3, 0.4) is 0 Å². The molecule has 0 amide bonds. The van der Waals surface area contributed by atoms with Crippen molar-refractivity contribution in [2.24, 2.45) is 0 Å². The van der Waals surface area contributed by atoms with E-state index in [0.29, 0.717) is 0 Å². The van der Waals surface area contributed by atoms with Crippen molar-refractivity contribution in [3.63, 3.8) is 0 Å². The highest BCUT2D eigenvalue weighted by Crippen LogP contribution is 2.01. The number of nitrogens with one attached hydrogen (secondary N) is 1. The zero-order chi connectivity index (χ0) is 7.23. The second-order valence-corrected chi connectivity index (χ2v) is 1.88. The Morgan fingerprint density at radius 1 is 1.40 bits per heavy atom. The lowest BCUT2D eigenvalue weighted by Crippen LogP contribution is -1.85. The highest BCUT2D eigenvalue weighted by atomic mass is 14.8. The average molecular weight is 134 g/mol. The van der Waals surface area contributed by atoms with E-state index >= 15 is 0 Å². The van der Waals surface area contributed by atoms with Crippen LogP contribution in [0.25, 0.3) is 0 Å². The van der Waals surface area contributed by atoms with Gasteiger partial charge >= 0.3 is 0 Å². The Hall–Kier alpha value is -1.31. The van der Waals surface area contributed by atoms with Crippen molar-refractivity contribution in [2.45, 2.75) is 6.92 Å². The van der Waals surface area contributed by atoms with Gasteiger partial charge in [-0.2, -0.15) is 0 Å². The molecule has 52 valence electrons. The van der Waals surface area contributed by atoms with E-state index in [2.05, 4.69) is 10.3 Å². The van der Waals surface area contributed by atoms with Crippen molar-refractivity contribution in [1.82, 2.24) is 4.98 Å². The third-order valence-electron chi connectivity index (χ3n) is 1.10. The first-order chi connectivity index (χ1) is 4.93. The first-order valence-corrected chi connectivity index (χ1v) is 3.21. The van der Waals surface area contributed by atoms with E-state index in [-0.39, 0.29) is 0 Å². The summed E-state index contributed by atoms with van der Waals surface area (Å²) in [6.45, 7) is 1.97. The minimum Gasteiger partial charge on any atom is -0.362 e. The lowest BCUT2D eigenvalue weighted by molar-refractivity contribution is 1.32. The number of rotatable bonds is 2. The number of pyridine rings is 1. The lowest BCUT2D eigenvalue weighted by atomic mass is 10.4. The number of hydrogen-bond acceptors (Lipinski definition) is 2. The maximum atomic E-state index is 3.89. The highest BCUT2D eigenvalue weighted by Gasteiger charge is 1.81. The summed E-state index contributed by atoms with van der Waals surface area (Å²) in [7, 11) is 0. The first kappa shape index (κ1) is 6.81. The van der Waals surface area contributed by atoms with Gasteiger partial charge in [-0.25, -0.2) is 0 Å². The summed E-state index contributed by atoms with van der Waals surface area (Å²) in [6, 6.07) is 3.83. The Kier molecular flexibility index (Phi) is 2.49. The summed E-state index contributed by atoms with van der Waals surface area (Å²) >= 11 is 0. The van der Waals surface area contributed by atoms with Gasteiger partial charge in [0.2, 0.25) is 0 Å². The minimum absolute atomic E-state index is 1.06. The van der Waals surface area contributed by atoms with Crippen LogP contribution in [-0.2, 0) is 0 Å². The molecule has 0 aliphatic rings. The van der Waals surface area contributed by atoms with Crippen LogP contribution in [-0.4, -0.2) is 4.98 Å². The maximum absolute atomic E-state index is 3.89. The number of allylic oxidation sites excluding steroid dienone is 1. The molecule has 1 aromatic heterocycles. The fraction of sp³-hybridized carbons (Fsp3) is 0.125. The van der Waals surface area contributed by atoms with Crippen molar-refractivity contribution in [3.8, 4) is 0 Å². The van der Waals surface area contributed by atoms with Crippen molar-refractivity contribution >= 4 is 5.69 Å². The number of aromatic nitrogens is 1. The Balaban J connectivity index is 2.59. The molecule has 0 bridgehead atoms. The van der Waals surface area contributed by atoms with E-state index in [4.69, 9.17) is 0 Å². The van der Waals surface area contributed by atoms with Crippen LogP contribution in [0.1, 0.15) is 6.92 Å². The van der Waals surface area contributed by atoms with Gasteiger partial charge in [0.1, 0.15) is 0 Å². The van der Waals surface area contributed by atoms with Gasteiger partial charge in [-0.3, -0.25) is 4.98 Å². The fourth-order valence-electron chi connectivity index (χ4n) is 0.628. The molecule has 10 heavy (non-hydrogen) atoms. The van der Waals surface area contributed by atoms with Gasteiger partial charge in [-0.05, 0) is 25.3 Å². The van der Waals surface area contributed by atoms with E-state index in [0.717, 1.165) is 5.69 Å². The molecule has 0 aliphatic carbocycles. The van der Waals surface area contributed by atoms with Gasteiger partial charge in [-0.15, -0.1) is 0 Å². The Morgan fingerprint density at radius 2 is 2.10 bits per heavy atom. The molecular formula is C8H10N2. The predicted molar refractivity (Wildman–Crippen MR) is 42.7 cm³/mol. The molecule has 0 atom stereocenters. The molecule has 2 nitrogen and oxygen atoms in total. The summed E-state index contributed by atoms with van der Waals surface area (Å²) in [5, 5.41) is 3.07. The SMILES string of the molecule is C/C=C\Nc1ccncc1. The van der Waals surface area contributed by atoms with Crippen LogP contribution in [0.5, 0.6) is 0 Å². The van der Waals surface area contributed by atoms with Gasteiger partial charge in [0.15, 0.2) is 0 Å². The van der Waals surface area contributed by atoms with Gasteiger partial charge < -0.3 is 5.32 Å². The quantitative estimate of drug-likeness (QED) is 0.669. The molecule has 0 saturated carbocycles. The monoisotopic (exact) mass is 134 g/mol. The molecule has 1 aromatic rings. The number of hydrogen-bond donors (Lipinski definition) is 1. The van der Waals surface area contributed by atoms with Gasteiger partial charge in [0, 0.05) is 18.1 Å². The van der Waals surface area contributed by atoms with E-state index in [1.165, 1.54) is 0 Å². The van der Waals surface area contributed by atoms with Crippen LogP contribution in [0, 0.1) is 0 Å². The van der Waals surface area contributed by atoms with Crippen LogP contribution in [0.15, 0.2) is 36.8 Å². The van der Waals surface area contributed by atoms with Gasteiger partial charge in [-0.1, -0.05) is 6.08 Å². The molecule has 0 fully saturated rings. The number of nitrogens with zero attached hydrogens (tertiary/aromatic N) is 1. The predicted octanol–water partition coefficient (Wildman–Crippen LogP) is 2.03. The van der Waals surface area contributed by atoms with Crippen molar-refractivity contribution in [2.75, 3.05) is 5.32 Å². The Morgan fingerprint density at radius 3 is 2.70 bits per heavy atom. The topological polar surface area (TPSA) is 24.9 Å². The van der Waals surface area contributed by atoms with Crippen molar-refractivity contribution in [3.05, 3.63) is 36.8 Å². The van der Waals surface area contributed by atoms with E-state index < -0.39 is 0 Å². The third-order valence-corrected chi connectivity index (χ3v) is 1.10. The summed E-state index contributed by atoms with van der Waals surface area (Å²) in [4.78, 5) is 3.89.